The summed E-state index contributed by atoms with van der Waals surface area (Å²) in [6, 6.07) is 17.8. The maximum Gasteiger partial charge on any atom is 0.231 e. The van der Waals surface area contributed by atoms with Gasteiger partial charge in [-0.1, -0.05) is 18.2 Å². The lowest BCUT2D eigenvalue weighted by molar-refractivity contribution is 0.105. The third kappa shape index (κ3) is 3.87. The van der Waals surface area contributed by atoms with E-state index in [1.54, 1.807) is 30.5 Å². The van der Waals surface area contributed by atoms with E-state index in [2.05, 4.69) is 9.97 Å². The summed E-state index contributed by atoms with van der Waals surface area (Å²) in [6.45, 7) is 0. The number of hydrogen-bond donors (Lipinski definition) is 0. The minimum atomic E-state index is -0.278. The molecule has 0 unspecified atom stereocenters. The average molecular weight is 386 g/mol. The predicted octanol–water partition coefficient (Wildman–Crippen LogP) is 4.66. The molecular weight excluding hydrogens is 368 g/mol. The summed E-state index contributed by atoms with van der Waals surface area (Å²) in [5.74, 6) is 0.980. The Kier molecular flexibility index (Phi) is 5.07. The molecule has 0 fully saturated rings. The Morgan fingerprint density at radius 3 is 2.34 bits per heavy atom. The third-order valence-electron chi connectivity index (χ3n) is 4.36. The van der Waals surface area contributed by atoms with Crippen molar-refractivity contribution in [2.45, 2.75) is 0 Å². The number of ketones is 1. The molecule has 0 saturated heterocycles. The molecule has 6 nitrogen and oxygen atoms in total. The minimum Gasteiger partial charge on any atom is -0.497 e. The highest BCUT2D eigenvalue weighted by Crippen LogP contribution is 2.29. The van der Waals surface area contributed by atoms with Crippen LogP contribution in [0.1, 0.15) is 21.9 Å². The predicted molar refractivity (Wildman–Crippen MR) is 110 cm³/mol. The van der Waals surface area contributed by atoms with Crippen LogP contribution in [0.4, 0.5) is 0 Å². The van der Waals surface area contributed by atoms with Gasteiger partial charge in [-0.25, -0.2) is 4.98 Å². The number of carbonyl (C=O) groups is 1. The number of methoxy groups -OCH3 is 2. The van der Waals surface area contributed by atoms with E-state index < -0.39 is 0 Å². The number of fused-ring (bicyclic) bond motifs is 1. The SMILES string of the molecule is COc1cc(OC)cc(C(=O)C(=Cc2ccccn2)c2nc3ccccc3o2)c1. The molecule has 2 heterocycles. The lowest BCUT2D eigenvalue weighted by Gasteiger charge is -2.09. The van der Waals surface area contributed by atoms with E-state index in [4.69, 9.17) is 13.9 Å². The van der Waals surface area contributed by atoms with Crippen molar-refractivity contribution in [3.8, 4) is 11.5 Å². The van der Waals surface area contributed by atoms with Crippen LogP contribution < -0.4 is 9.47 Å². The molecule has 2 aromatic carbocycles. The van der Waals surface area contributed by atoms with Gasteiger partial charge in [-0.3, -0.25) is 9.78 Å². The van der Waals surface area contributed by atoms with Gasteiger partial charge in [0.2, 0.25) is 5.89 Å². The van der Waals surface area contributed by atoms with E-state index in [0.29, 0.717) is 33.9 Å². The number of para-hydroxylation sites is 2. The van der Waals surface area contributed by atoms with Gasteiger partial charge in [0, 0.05) is 17.8 Å². The molecule has 4 rings (SSSR count). The highest BCUT2D eigenvalue weighted by Gasteiger charge is 2.22. The second-order valence-electron chi connectivity index (χ2n) is 6.23. The standard InChI is InChI=1S/C23H18N2O4/c1-27-17-11-15(12-18(14-17)28-2)22(26)19(13-16-7-5-6-10-24-16)23-25-20-8-3-4-9-21(20)29-23/h3-14H,1-2H3. The monoisotopic (exact) mass is 386 g/mol. The molecular formula is C23H18N2O4. The van der Waals surface area contributed by atoms with Crippen molar-refractivity contribution in [1.82, 2.24) is 9.97 Å². The molecule has 0 N–H and O–H groups in total. The molecule has 0 bridgehead atoms. The van der Waals surface area contributed by atoms with Gasteiger partial charge < -0.3 is 13.9 Å². The number of hydrogen-bond acceptors (Lipinski definition) is 6. The number of benzene rings is 2. The zero-order valence-electron chi connectivity index (χ0n) is 16.0. The van der Waals surface area contributed by atoms with Gasteiger partial charge in [0.15, 0.2) is 11.4 Å². The van der Waals surface area contributed by atoms with E-state index in [1.165, 1.54) is 14.2 Å². The second-order valence-corrected chi connectivity index (χ2v) is 6.23. The molecule has 0 spiro atoms. The first-order valence-electron chi connectivity index (χ1n) is 8.94. The van der Waals surface area contributed by atoms with Crippen molar-refractivity contribution in [2.75, 3.05) is 14.2 Å². The van der Waals surface area contributed by atoms with Crippen molar-refractivity contribution in [1.29, 1.82) is 0 Å². The number of Topliss-reactive ketones (excluding diaryl/α,β-unsaturated/α-hetero) is 1. The molecule has 144 valence electrons. The van der Waals surface area contributed by atoms with Crippen LogP contribution in [0.3, 0.4) is 0 Å². The van der Waals surface area contributed by atoms with E-state index >= 15 is 0 Å². The molecule has 2 aromatic heterocycles. The lowest BCUT2D eigenvalue weighted by atomic mass is 10.0. The number of rotatable bonds is 6. The van der Waals surface area contributed by atoms with Crippen molar-refractivity contribution >= 4 is 28.5 Å². The molecule has 0 saturated carbocycles. The third-order valence-corrected chi connectivity index (χ3v) is 4.36. The largest absolute Gasteiger partial charge is 0.497 e. The average Bonchev–Trinajstić information content (AvgIpc) is 3.21. The number of carbonyl (C=O) groups excluding carboxylic acids is 1. The number of pyridine rings is 1. The summed E-state index contributed by atoms with van der Waals surface area (Å²) in [5, 5.41) is 0. The zero-order valence-corrected chi connectivity index (χ0v) is 16.0. The number of oxazole rings is 1. The molecule has 6 heteroatoms. The number of ether oxygens (including phenoxy) is 2. The van der Waals surface area contributed by atoms with Crippen molar-refractivity contribution in [2.24, 2.45) is 0 Å². The lowest BCUT2D eigenvalue weighted by Crippen LogP contribution is -2.05. The van der Waals surface area contributed by atoms with Crippen LogP contribution in [-0.4, -0.2) is 30.0 Å². The fourth-order valence-corrected chi connectivity index (χ4v) is 2.92. The number of aromatic nitrogens is 2. The van der Waals surface area contributed by atoms with E-state index in [9.17, 15) is 4.79 Å². The summed E-state index contributed by atoms with van der Waals surface area (Å²) in [7, 11) is 3.07. The minimum absolute atomic E-state index is 0.226. The topological polar surface area (TPSA) is 74.5 Å². The molecule has 4 aromatic rings. The van der Waals surface area contributed by atoms with Crippen LogP contribution in [0, 0.1) is 0 Å². The summed E-state index contributed by atoms with van der Waals surface area (Å²) >= 11 is 0. The highest BCUT2D eigenvalue weighted by atomic mass is 16.5. The number of allylic oxidation sites excluding steroid dienone is 1. The van der Waals surface area contributed by atoms with Crippen LogP contribution in [0.2, 0.25) is 0 Å². The van der Waals surface area contributed by atoms with Gasteiger partial charge in [0.05, 0.1) is 25.5 Å². The van der Waals surface area contributed by atoms with Gasteiger partial charge in [0.1, 0.15) is 17.0 Å². The van der Waals surface area contributed by atoms with E-state index in [0.717, 1.165) is 0 Å². The van der Waals surface area contributed by atoms with Crippen LogP contribution in [0.25, 0.3) is 22.7 Å². The van der Waals surface area contributed by atoms with Gasteiger partial charge in [0.25, 0.3) is 0 Å². The summed E-state index contributed by atoms with van der Waals surface area (Å²) in [6.07, 6.45) is 3.33. The van der Waals surface area contributed by atoms with Crippen molar-refractivity contribution < 1.29 is 18.7 Å². The summed E-state index contributed by atoms with van der Waals surface area (Å²) in [4.78, 5) is 22.2. The van der Waals surface area contributed by atoms with Crippen LogP contribution in [-0.2, 0) is 0 Å². The Morgan fingerprint density at radius 2 is 1.69 bits per heavy atom. The highest BCUT2D eigenvalue weighted by molar-refractivity contribution is 6.31. The van der Waals surface area contributed by atoms with E-state index in [-0.39, 0.29) is 17.2 Å². The maximum atomic E-state index is 13.5. The summed E-state index contributed by atoms with van der Waals surface area (Å²) in [5.41, 5.74) is 2.57. The smallest absolute Gasteiger partial charge is 0.231 e. The molecule has 0 amide bonds. The Morgan fingerprint density at radius 1 is 0.966 bits per heavy atom. The molecule has 0 aliphatic heterocycles. The first-order valence-corrected chi connectivity index (χ1v) is 8.94. The molecule has 0 aliphatic carbocycles. The molecule has 0 atom stereocenters. The Balaban J connectivity index is 1.86. The molecule has 0 aliphatic rings. The fraction of sp³-hybridized carbons (Fsp3) is 0.0870. The number of nitrogens with zero attached hydrogens (tertiary/aromatic N) is 2. The van der Waals surface area contributed by atoms with Crippen LogP contribution in [0.15, 0.2) is 71.3 Å². The van der Waals surface area contributed by atoms with Crippen molar-refractivity contribution in [3.63, 3.8) is 0 Å². The van der Waals surface area contributed by atoms with Gasteiger partial charge in [-0.05, 0) is 42.5 Å². The maximum absolute atomic E-state index is 13.5. The zero-order chi connectivity index (χ0) is 20.2. The first-order chi connectivity index (χ1) is 14.2. The Bertz CT molecular complexity index is 1140. The normalized spacial score (nSPS) is 11.4. The quantitative estimate of drug-likeness (QED) is 0.354. The van der Waals surface area contributed by atoms with Crippen LogP contribution in [0.5, 0.6) is 11.5 Å². The Labute approximate surface area is 167 Å². The molecule has 0 radical (unpaired) electrons. The Hall–Kier alpha value is -3.93. The van der Waals surface area contributed by atoms with Gasteiger partial charge in [-0.2, -0.15) is 0 Å². The van der Waals surface area contributed by atoms with Gasteiger partial charge in [-0.15, -0.1) is 0 Å². The summed E-state index contributed by atoms with van der Waals surface area (Å²) < 4.78 is 16.5. The van der Waals surface area contributed by atoms with E-state index in [1.807, 2.05) is 42.5 Å². The van der Waals surface area contributed by atoms with Crippen LogP contribution >= 0.6 is 0 Å². The fourth-order valence-electron chi connectivity index (χ4n) is 2.92. The van der Waals surface area contributed by atoms with Gasteiger partial charge >= 0.3 is 0 Å². The first kappa shape index (κ1) is 18.4. The second kappa shape index (κ2) is 7.98. The van der Waals surface area contributed by atoms with Crippen molar-refractivity contribution in [3.05, 3.63) is 84.0 Å². The molecule has 29 heavy (non-hydrogen) atoms.